The zero-order valence-electron chi connectivity index (χ0n) is 20.4. The number of carbonyl (C=O) groups is 1. The lowest BCUT2D eigenvalue weighted by Gasteiger charge is -2.16. The molecule has 0 radical (unpaired) electrons. The van der Waals surface area contributed by atoms with Gasteiger partial charge >= 0.3 is 0 Å². The minimum atomic E-state index is -0.110. The second-order valence-corrected chi connectivity index (χ2v) is 10.2. The second-order valence-electron chi connectivity index (χ2n) is 7.93. The minimum absolute atomic E-state index is 0.110. The highest BCUT2D eigenvalue weighted by atomic mass is 35.5. The van der Waals surface area contributed by atoms with Gasteiger partial charge in [0.25, 0.3) is 5.91 Å². The van der Waals surface area contributed by atoms with Crippen LogP contribution in [0.5, 0.6) is 11.5 Å². The summed E-state index contributed by atoms with van der Waals surface area (Å²) in [7, 11) is 5.00. The molecule has 11 heteroatoms. The molecule has 0 aliphatic heterocycles. The van der Waals surface area contributed by atoms with Crippen molar-refractivity contribution in [3.8, 4) is 17.2 Å². The van der Waals surface area contributed by atoms with Crippen LogP contribution in [0.25, 0.3) is 5.69 Å². The van der Waals surface area contributed by atoms with Gasteiger partial charge in [0.1, 0.15) is 16.5 Å². The zero-order valence-corrected chi connectivity index (χ0v) is 22.8. The lowest BCUT2D eigenvalue weighted by atomic mass is 10.1. The largest absolute Gasteiger partial charge is 0.493 e. The Labute approximate surface area is 223 Å². The molecule has 0 saturated carbocycles. The summed E-state index contributed by atoms with van der Waals surface area (Å²) < 4.78 is 12.6. The van der Waals surface area contributed by atoms with Crippen LogP contribution in [-0.2, 0) is 12.2 Å². The Bertz CT molecular complexity index is 1360. The molecule has 188 valence electrons. The number of ether oxygens (including phenoxy) is 2. The number of aryl methyl sites for hydroxylation is 1. The monoisotopic (exact) mass is 543 g/mol. The Morgan fingerprint density at radius 3 is 2.69 bits per heavy atom. The molecule has 0 saturated heterocycles. The third kappa shape index (κ3) is 6.00. The van der Waals surface area contributed by atoms with E-state index in [-0.39, 0.29) is 5.91 Å². The number of aromatic nitrogens is 4. The van der Waals surface area contributed by atoms with Crippen molar-refractivity contribution in [3.63, 3.8) is 0 Å². The molecule has 8 nitrogen and oxygen atoms in total. The first kappa shape index (κ1) is 26.0. The van der Waals surface area contributed by atoms with Crippen molar-refractivity contribution < 1.29 is 14.3 Å². The number of thiazole rings is 1. The van der Waals surface area contributed by atoms with Gasteiger partial charge in [-0.05, 0) is 49.2 Å². The number of halogens is 1. The molecule has 0 N–H and O–H groups in total. The molecule has 0 aliphatic rings. The van der Waals surface area contributed by atoms with Crippen LogP contribution in [0.4, 0.5) is 0 Å². The van der Waals surface area contributed by atoms with Crippen molar-refractivity contribution >= 4 is 40.6 Å². The van der Waals surface area contributed by atoms with Crippen molar-refractivity contribution in [2.45, 2.75) is 24.3 Å². The Morgan fingerprint density at radius 2 is 1.94 bits per heavy atom. The molecule has 0 unspecified atom stereocenters. The van der Waals surface area contributed by atoms with E-state index in [2.05, 4.69) is 15.2 Å². The lowest BCUT2D eigenvalue weighted by molar-refractivity contribution is 0.0791. The highest BCUT2D eigenvalue weighted by Crippen LogP contribution is 2.29. The Kier molecular flexibility index (Phi) is 8.50. The van der Waals surface area contributed by atoms with E-state index in [0.29, 0.717) is 40.9 Å². The summed E-state index contributed by atoms with van der Waals surface area (Å²) in [6, 6.07) is 13.3. The molecule has 2 aromatic heterocycles. The highest BCUT2D eigenvalue weighted by Gasteiger charge is 2.17. The summed E-state index contributed by atoms with van der Waals surface area (Å²) in [5, 5.41) is 12.5. The molecule has 4 rings (SSSR count). The maximum Gasteiger partial charge on any atom is 0.273 e. The smallest absolute Gasteiger partial charge is 0.273 e. The van der Waals surface area contributed by atoms with Gasteiger partial charge in [0, 0.05) is 24.0 Å². The van der Waals surface area contributed by atoms with Crippen molar-refractivity contribution in [2.75, 3.05) is 27.8 Å². The first-order valence-corrected chi connectivity index (χ1v) is 13.4. The molecular weight excluding hydrogens is 518 g/mol. The van der Waals surface area contributed by atoms with E-state index in [9.17, 15) is 4.79 Å². The van der Waals surface area contributed by atoms with E-state index in [1.165, 1.54) is 23.1 Å². The van der Waals surface area contributed by atoms with Crippen LogP contribution in [0.15, 0.2) is 53.0 Å². The third-order valence-corrected chi connectivity index (χ3v) is 7.69. The van der Waals surface area contributed by atoms with Gasteiger partial charge in [-0.3, -0.25) is 9.36 Å². The average Bonchev–Trinajstić information content (AvgIpc) is 3.51. The number of rotatable bonds is 10. The summed E-state index contributed by atoms with van der Waals surface area (Å²) in [4.78, 5) is 19.2. The fourth-order valence-electron chi connectivity index (χ4n) is 3.58. The molecule has 0 atom stereocenters. The zero-order chi connectivity index (χ0) is 25.7. The normalized spacial score (nSPS) is 10.9. The average molecular weight is 544 g/mol. The highest BCUT2D eigenvalue weighted by molar-refractivity contribution is 7.98. The molecule has 2 heterocycles. The number of hydrogen-bond donors (Lipinski definition) is 0. The van der Waals surface area contributed by atoms with E-state index in [1.807, 2.05) is 54.0 Å². The second kappa shape index (κ2) is 11.8. The molecule has 0 aliphatic carbocycles. The van der Waals surface area contributed by atoms with Crippen molar-refractivity contribution in [1.82, 2.24) is 24.6 Å². The third-order valence-electron chi connectivity index (χ3n) is 5.49. The predicted molar refractivity (Wildman–Crippen MR) is 143 cm³/mol. The predicted octanol–water partition coefficient (Wildman–Crippen LogP) is 5.31. The number of methoxy groups -OCH3 is 2. The first-order chi connectivity index (χ1) is 17.4. The van der Waals surface area contributed by atoms with Crippen LogP contribution >= 0.6 is 34.7 Å². The summed E-state index contributed by atoms with van der Waals surface area (Å²) in [5.74, 6) is 2.59. The van der Waals surface area contributed by atoms with Gasteiger partial charge in [0.05, 0.1) is 25.7 Å². The van der Waals surface area contributed by atoms with Crippen LogP contribution in [0, 0.1) is 6.92 Å². The number of amides is 1. The SMILES string of the molecule is COc1ccc(CCN(C)C(=O)c2csc(CSc3nnc(C)n3-c3cccc(Cl)c3)n2)cc1OC. The van der Waals surface area contributed by atoms with Gasteiger partial charge in [0.2, 0.25) is 0 Å². The van der Waals surface area contributed by atoms with Gasteiger partial charge < -0.3 is 14.4 Å². The molecule has 1 amide bonds. The fraction of sp³-hybridized carbons (Fsp3) is 0.280. The van der Waals surface area contributed by atoms with Crippen molar-refractivity contribution in [1.29, 1.82) is 0 Å². The van der Waals surface area contributed by atoms with E-state index in [1.54, 1.807) is 31.5 Å². The minimum Gasteiger partial charge on any atom is -0.493 e. The van der Waals surface area contributed by atoms with Gasteiger partial charge in [-0.2, -0.15) is 0 Å². The van der Waals surface area contributed by atoms with Gasteiger partial charge in [0.15, 0.2) is 16.7 Å². The Morgan fingerprint density at radius 1 is 1.14 bits per heavy atom. The Balaban J connectivity index is 1.36. The van der Waals surface area contributed by atoms with Crippen LogP contribution in [-0.4, -0.2) is 58.4 Å². The number of benzene rings is 2. The van der Waals surface area contributed by atoms with Gasteiger partial charge in [-0.15, -0.1) is 21.5 Å². The van der Waals surface area contributed by atoms with E-state index in [4.69, 9.17) is 21.1 Å². The number of carbonyl (C=O) groups excluding carboxylic acids is 1. The molecular formula is C25H26ClN5O3S2. The van der Waals surface area contributed by atoms with Crippen molar-refractivity contribution in [3.05, 3.63) is 75.0 Å². The van der Waals surface area contributed by atoms with E-state index < -0.39 is 0 Å². The van der Waals surface area contributed by atoms with Gasteiger partial charge in [-0.1, -0.05) is 35.5 Å². The fourth-order valence-corrected chi connectivity index (χ4v) is 5.55. The first-order valence-electron chi connectivity index (χ1n) is 11.1. The number of nitrogens with zero attached hydrogens (tertiary/aromatic N) is 5. The van der Waals surface area contributed by atoms with E-state index in [0.717, 1.165) is 27.2 Å². The topological polar surface area (TPSA) is 82.4 Å². The molecule has 4 aromatic rings. The molecule has 36 heavy (non-hydrogen) atoms. The molecule has 0 spiro atoms. The molecule has 0 fully saturated rings. The van der Waals surface area contributed by atoms with Crippen LogP contribution in [0.3, 0.4) is 0 Å². The van der Waals surface area contributed by atoms with Crippen LogP contribution < -0.4 is 9.47 Å². The van der Waals surface area contributed by atoms with Crippen LogP contribution in [0.1, 0.15) is 26.9 Å². The maximum absolute atomic E-state index is 12.9. The summed E-state index contributed by atoms with van der Waals surface area (Å²) in [6.07, 6.45) is 0.688. The van der Waals surface area contributed by atoms with E-state index >= 15 is 0 Å². The number of likely N-dealkylation sites (N-methyl/N-ethyl adjacent to an activating group) is 1. The Hall–Kier alpha value is -3.08. The quantitative estimate of drug-likeness (QED) is 0.251. The summed E-state index contributed by atoms with van der Waals surface area (Å²) in [6.45, 7) is 2.45. The molecule has 2 aromatic carbocycles. The molecule has 0 bridgehead atoms. The standard InChI is InChI=1S/C25H26ClN5O3S2/c1-16-28-29-25(31(16)19-7-5-6-18(26)13-19)36-15-23-27-20(14-35-23)24(32)30(2)11-10-17-8-9-21(33-3)22(12-17)34-4/h5-9,12-14H,10-11,15H2,1-4H3. The van der Waals surface area contributed by atoms with Crippen LogP contribution in [0.2, 0.25) is 5.02 Å². The number of hydrogen-bond acceptors (Lipinski definition) is 8. The summed E-state index contributed by atoms with van der Waals surface area (Å²) in [5.41, 5.74) is 2.40. The van der Waals surface area contributed by atoms with Crippen molar-refractivity contribution in [2.24, 2.45) is 0 Å². The lowest BCUT2D eigenvalue weighted by Crippen LogP contribution is -2.29. The number of thioether (sulfide) groups is 1. The maximum atomic E-state index is 12.9. The van der Waals surface area contributed by atoms with Gasteiger partial charge in [-0.25, -0.2) is 4.98 Å². The summed E-state index contributed by atoms with van der Waals surface area (Å²) >= 11 is 9.14.